The number of amides is 1. The van der Waals surface area contributed by atoms with Crippen LogP contribution in [0.25, 0.3) is 10.9 Å². The van der Waals surface area contributed by atoms with E-state index in [0.29, 0.717) is 24.5 Å². The van der Waals surface area contributed by atoms with Crippen molar-refractivity contribution in [2.45, 2.75) is 26.3 Å². The van der Waals surface area contributed by atoms with Crippen LogP contribution in [0.3, 0.4) is 0 Å². The van der Waals surface area contributed by atoms with Gasteiger partial charge in [-0.15, -0.1) is 0 Å². The van der Waals surface area contributed by atoms with E-state index < -0.39 is 0 Å². The third-order valence-electron chi connectivity index (χ3n) is 4.81. The summed E-state index contributed by atoms with van der Waals surface area (Å²) in [6, 6.07) is 7.86. The molecule has 0 radical (unpaired) electrons. The first-order chi connectivity index (χ1) is 12.1. The molecule has 0 spiro atoms. The minimum Gasteiger partial charge on any atom is -0.497 e. The van der Waals surface area contributed by atoms with Crippen LogP contribution in [0, 0.1) is 13.8 Å². The van der Waals surface area contributed by atoms with Crippen molar-refractivity contribution < 1.29 is 9.53 Å². The molecule has 2 aromatic heterocycles. The Balaban J connectivity index is 1.59. The fraction of sp³-hybridized carbons (Fsp3) is 0.389. The number of hydrogen-bond acceptors (Lipinski definition) is 4. The summed E-state index contributed by atoms with van der Waals surface area (Å²) in [7, 11) is 1.61. The molecule has 130 valence electrons. The number of carbonyl (C=O) groups is 1. The number of aryl methyl sites for hydroxylation is 2. The number of aromatic amines is 1. The third kappa shape index (κ3) is 2.65. The van der Waals surface area contributed by atoms with E-state index in [2.05, 4.69) is 28.3 Å². The number of aromatic nitrogens is 4. The lowest BCUT2D eigenvalue weighted by molar-refractivity contribution is 0.0783. The predicted molar refractivity (Wildman–Crippen MR) is 93.9 cm³/mol. The molecule has 1 N–H and O–H groups in total. The van der Waals surface area contributed by atoms with Gasteiger partial charge in [0.1, 0.15) is 5.75 Å². The fourth-order valence-corrected chi connectivity index (χ4v) is 3.57. The molecule has 25 heavy (non-hydrogen) atoms. The Hall–Kier alpha value is -2.83. The van der Waals surface area contributed by atoms with E-state index in [1.807, 2.05) is 34.7 Å². The largest absolute Gasteiger partial charge is 0.497 e. The first-order valence-corrected chi connectivity index (χ1v) is 8.41. The Morgan fingerprint density at radius 1 is 1.32 bits per heavy atom. The number of nitrogens with one attached hydrogen (secondary N) is 1. The molecule has 0 bridgehead atoms. The van der Waals surface area contributed by atoms with Crippen molar-refractivity contribution in [1.29, 1.82) is 0 Å². The summed E-state index contributed by atoms with van der Waals surface area (Å²) in [5, 5.41) is 12.5. The van der Waals surface area contributed by atoms with Crippen molar-refractivity contribution in [3.05, 3.63) is 41.3 Å². The van der Waals surface area contributed by atoms with Crippen molar-refractivity contribution in [3.63, 3.8) is 0 Å². The fourth-order valence-electron chi connectivity index (χ4n) is 3.57. The Morgan fingerprint density at radius 3 is 2.88 bits per heavy atom. The molecule has 0 aliphatic carbocycles. The van der Waals surface area contributed by atoms with Gasteiger partial charge in [0.15, 0.2) is 5.69 Å². The lowest BCUT2D eigenvalue weighted by Gasteiger charge is -2.16. The highest BCUT2D eigenvalue weighted by atomic mass is 16.5. The van der Waals surface area contributed by atoms with Crippen LogP contribution >= 0.6 is 0 Å². The van der Waals surface area contributed by atoms with Crippen molar-refractivity contribution in [1.82, 2.24) is 24.9 Å². The molecule has 1 aliphatic rings. The zero-order valence-corrected chi connectivity index (χ0v) is 14.6. The summed E-state index contributed by atoms with van der Waals surface area (Å²) in [4.78, 5) is 14.8. The van der Waals surface area contributed by atoms with E-state index in [-0.39, 0.29) is 11.9 Å². The van der Waals surface area contributed by atoms with E-state index >= 15 is 0 Å². The summed E-state index contributed by atoms with van der Waals surface area (Å²) >= 11 is 0. The molecule has 1 unspecified atom stereocenters. The number of H-pyrrole nitrogens is 1. The Bertz CT molecular complexity index is 942. The van der Waals surface area contributed by atoms with Gasteiger partial charge in [0.2, 0.25) is 0 Å². The molecule has 0 saturated carbocycles. The van der Waals surface area contributed by atoms with Gasteiger partial charge in [0.25, 0.3) is 5.91 Å². The van der Waals surface area contributed by atoms with Crippen molar-refractivity contribution >= 4 is 16.8 Å². The number of rotatable bonds is 3. The van der Waals surface area contributed by atoms with Gasteiger partial charge in [-0.05, 0) is 44.5 Å². The maximum absolute atomic E-state index is 13.0. The van der Waals surface area contributed by atoms with Crippen LogP contribution in [0.4, 0.5) is 0 Å². The Morgan fingerprint density at radius 2 is 2.16 bits per heavy atom. The van der Waals surface area contributed by atoms with E-state index in [0.717, 1.165) is 28.7 Å². The highest BCUT2D eigenvalue weighted by Gasteiger charge is 2.31. The van der Waals surface area contributed by atoms with Crippen LogP contribution in [0.5, 0.6) is 5.75 Å². The van der Waals surface area contributed by atoms with Gasteiger partial charge in [-0.3, -0.25) is 14.6 Å². The normalized spacial score (nSPS) is 17.4. The average molecular weight is 339 g/mol. The standard InChI is InChI=1S/C18H21N5O2/c1-11-8-12(2)23(21-11)13-6-7-22(10-13)18(24)17-15-9-14(25-3)4-5-16(15)19-20-17/h4-5,8-9,13H,6-7,10H2,1-3H3,(H,19,20). The molecule has 7 heteroatoms. The maximum Gasteiger partial charge on any atom is 0.275 e. The number of hydrogen-bond donors (Lipinski definition) is 1. The monoisotopic (exact) mass is 339 g/mol. The highest BCUT2D eigenvalue weighted by molar-refractivity contribution is 6.05. The zero-order valence-electron chi connectivity index (χ0n) is 14.6. The first-order valence-electron chi connectivity index (χ1n) is 8.41. The molecule has 1 atom stereocenters. The SMILES string of the molecule is COc1ccc2[nH]nc(C(=O)N3CCC(n4nc(C)cc4C)C3)c2c1. The van der Waals surface area contributed by atoms with Gasteiger partial charge < -0.3 is 9.64 Å². The number of carbonyl (C=O) groups excluding carboxylic acids is 1. The molecule has 1 aromatic carbocycles. The molecule has 1 amide bonds. The van der Waals surface area contributed by atoms with Gasteiger partial charge in [-0.25, -0.2) is 0 Å². The minimum absolute atomic E-state index is 0.0523. The molecule has 1 fully saturated rings. The highest BCUT2D eigenvalue weighted by Crippen LogP contribution is 2.27. The second-order valence-corrected chi connectivity index (χ2v) is 6.55. The minimum atomic E-state index is -0.0523. The quantitative estimate of drug-likeness (QED) is 0.795. The van der Waals surface area contributed by atoms with E-state index in [4.69, 9.17) is 4.74 Å². The van der Waals surface area contributed by atoms with Crippen LogP contribution in [-0.4, -0.2) is 51.0 Å². The molecule has 7 nitrogen and oxygen atoms in total. The maximum atomic E-state index is 13.0. The second-order valence-electron chi connectivity index (χ2n) is 6.55. The number of nitrogens with zero attached hydrogens (tertiary/aromatic N) is 4. The van der Waals surface area contributed by atoms with Gasteiger partial charge in [-0.1, -0.05) is 0 Å². The smallest absolute Gasteiger partial charge is 0.275 e. The molecular formula is C18H21N5O2. The van der Waals surface area contributed by atoms with Crippen LogP contribution in [0.15, 0.2) is 24.3 Å². The average Bonchev–Trinajstić information content (AvgIpc) is 3.31. The first kappa shape index (κ1) is 15.7. The topological polar surface area (TPSA) is 76.0 Å². The Kier molecular flexibility index (Phi) is 3.71. The third-order valence-corrected chi connectivity index (χ3v) is 4.81. The lowest BCUT2D eigenvalue weighted by atomic mass is 10.2. The van der Waals surface area contributed by atoms with Crippen LogP contribution in [0.2, 0.25) is 0 Å². The summed E-state index contributed by atoms with van der Waals surface area (Å²) < 4.78 is 7.30. The summed E-state index contributed by atoms with van der Waals surface area (Å²) in [6.45, 7) is 5.40. The second kappa shape index (κ2) is 5.91. The van der Waals surface area contributed by atoms with Gasteiger partial charge in [0, 0.05) is 24.2 Å². The molecule has 1 aliphatic heterocycles. The number of ether oxygens (including phenoxy) is 1. The molecular weight excluding hydrogens is 318 g/mol. The molecule has 3 heterocycles. The van der Waals surface area contributed by atoms with Crippen LogP contribution in [-0.2, 0) is 0 Å². The van der Waals surface area contributed by atoms with Gasteiger partial charge in [0.05, 0.1) is 24.4 Å². The van der Waals surface area contributed by atoms with E-state index in [1.165, 1.54) is 0 Å². The molecule has 4 rings (SSSR count). The number of likely N-dealkylation sites (tertiary alicyclic amines) is 1. The summed E-state index contributed by atoms with van der Waals surface area (Å²) in [5.74, 6) is 0.661. The van der Waals surface area contributed by atoms with Crippen molar-refractivity contribution in [2.75, 3.05) is 20.2 Å². The van der Waals surface area contributed by atoms with Crippen molar-refractivity contribution in [2.24, 2.45) is 0 Å². The number of methoxy groups -OCH3 is 1. The molecule has 1 saturated heterocycles. The van der Waals surface area contributed by atoms with Crippen LogP contribution in [0.1, 0.15) is 34.3 Å². The van der Waals surface area contributed by atoms with Crippen LogP contribution < -0.4 is 4.74 Å². The van der Waals surface area contributed by atoms with Crippen molar-refractivity contribution in [3.8, 4) is 5.75 Å². The van der Waals surface area contributed by atoms with E-state index in [9.17, 15) is 4.79 Å². The molecule has 3 aromatic rings. The van der Waals surface area contributed by atoms with E-state index in [1.54, 1.807) is 7.11 Å². The van der Waals surface area contributed by atoms with Gasteiger partial charge in [-0.2, -0.15) is 10.2 Å². The van der Waals surface area contributed by atoms with Gasteiger partial charge >= 0.3 is 0 Å². The zero-order chi connectivity index (χ0) is 17.6. The summed E-state index contributed by atoms with van der Waals surface area (Å²) in [5.41, 5.74) is 3.42. The summed E-state index contributed by atoms with van der Waals surface area (Å²) in [6.07, 6.45) is 0.902. The number of benzene rings is 1. The number of fused-ring (bicyclic) bond motifs is 1. The lowest BCUT2D eigenvalue weighted by Crippen LogP contribution is -2.29. The predicted octanol–water partition coefficient (Wildman–Crippen LogP) is 2.47. The Labute approximate surface area is 145 Å².